The van der Waals surface area contributed by atoms with Crippen molar-refractivity contribution < 1.29 is 4.79 Å². The van der Waals surface area contributed by atoms with Gasteiger partial charge in [-0.3, -0.25) is 9.78 Å². The van der Waals surface area contributed by atoms with Crippen LogP contribution in [0.1, 0.15) is 49.3 Å². The Morgan fingerprint density at radius 2 is 1.88 bits per heavy atom. The molecule has 1 N–H and O–H groups in total. The second-order valence-electron chi connectivity index (χ2n) is 7.09. The number of H-pyrrole nitrogens is 1. The van der Waals surface area contributed by atoms with Gasteiger partial charge in [0.05, 0.1) is 11.3 Å². The number of nitrogens with one attached hydrogen (secondary N) is 1. The standard InChI is InChI=1S/C21H24IN3O/c1-13(2)25(14(3)4)21(26)16-9-18(22)20(24-12-16)10-15-11-23-19-8-6-5-7-17(15)19/h5-9,11-14,23H,10H2,1-4H3. The van der Waals surface area contributed by atoms with Gasteiger partial charge in [-0.2, -0.15) is 0 Å². The first-order chi connectivity index (χ1) is 12.4. The SMILES string of the molecule is CC(C)N(C(=O)c1cnc(Cc2c[nH]c3ccccc23)c(I)c1)C(C)C. The van der Waals surface area contributed by atoms with Gasteiger partial charge in [-0.1, -0.05) is 18.2 Å². The molecule has 0 aliphatic heterocycles. The summed E-state index contributed by atoms with van der Waals surface area (Å²) >= 11 is 2.28. The van der Waals surface area contributed by atoms with Crippen LogP contribution in [-0.4, -0.2) is 32.9 Å². The summed E-state index contributed by atoms with van der Waals surface area (Å²) in [6, 6.07) is 10.5. The van der Waals surface area contributed by atoms with Crippen LogP contribution in [0.2, 0.25) is 0 Å². The predicted octanol–water partition coefficient (Wildman–Crippen LogP) is 5.02. The minimum atomic E-state index is 0.0408. The van der Waals surface area contributed by atoms with Crippen LogP contribution in [-0.2, 0) is 6.42 Å². The van der Waals surface area contributed by atoms with Crippen LogP contribution in [0.15, 0.2) is 42.7 Å². The zero-order valence-corrected chi connectivity index (χ0v) is 17.7. The van der Waals surface area contributed by atoms with Gasteiger partial charge in [0.1, 0.15) is 0 Å². The van der Waals surface area contributed by atoms with Crippen LogP contribution >= 0.6 is 22.6 Å². The molecule has 0 spiro atoms. The van der Waals surface area contributed by atoms with Crippen LogP contribution in [0.3, 0.4) is 0 Å². The van der Waals surface area contributed by atoms with Crippen molar-refractivity contribution in [1.29, 1.82) is 0 Å². The van der Waals surface area contributed by atoms with E-state index in [1.807, 2.05) is 57.0 Å². The fourth-order valence-corrected chi connectivity index (χ4v) is 4.05. The number of aromatic nitrogens is 2. The molecular formula is C21H24IN3O. The van der Waals surface area contributed by atoms with Gasteiger partial charge >= 0.3 is 0 Å². The van der Waals surface area contributed by atoms with Crippen molar-refractivity contribution in [3.63, 3.8) is 0 Å². The zero-order valence-electron chi connectivity index (χ0n) is 15.6. The van der Waals surface area contributed by atoms with Crippen molar-refractivity contribution in [1.82, 2.24) is 14.9 Å². The largest absolute Gasteiger partial charge is 0.361 e. The lowest BCUT2D eigenvalue weighted by Crippen LogP contribution is -2.42. The average Bonchev–Trinajstić information content (AvgIpc) is 2.99. The lowest BCUT2D eigenvalue weighted by molar-refractivity contribution is 0.0643. The highest BCUT2D eigenvalue weighted by atomic mass is 127. The van der Waals surface area contributed by atoms with E-state index in [4.69, 9.17) is 0 Å². The molecule has 136 valence electrons. The third kappa shape index (κ3) is 3.77. The molecule has 0 aliphatic carbocycles. The van der Waals surface area contributed by atoms with Crippen molar-refractivity contribution in [2.75, 3.05) is 0 Å². The molecule has 2 aromatic heterocycles. The van der Waals surface area contributed by atoms with Gasteiger partial charge in [-0.15, -0.1) is 0 Å². The van der Waals surface area contributed by atoms with Gasteiger partial charge in [0.25, 0.3) is 5.91 Å². The first-order valence-electron chi connectivity index (χ1n) is 8.90. The highest BCUT2D eigenvalue weighted by molar-refractivity contribution is 14.1. The summed E-state index contributed by atoms with van der Waals surface area (Å²) in [6.07, 6.45) is 4.50. The lowest BCUT2D eigenvalue weighted by atomic mass is 10.1. The number of carbonyl (C=O) groups excluding carboxylic acids is 1. The average molecular weight is 461 g/mol. The van der Waals surface area contributed by atoms with E-state index >= 15 is 0 Å². The summed E-state index contributed by atoms with van der Waals surface area (Å²) in [6.45, 7) is 8.17. The van der Waals surface area contributed by atoms with Gasteiger partial charge in [-0.05, 0) is 68.0 Å². The molecule has 0 saturated carbocycles. The number of fused-ring (bicyclic) bond motifs is 1. The number of benzene rings is 1. The number of pyridine rings is 1. The number of carbonyl (C=O) groups is 1. The maximum absolute atomic E-state index is 12.9. The number of hydrogen-bond donors (Lipinski definition) is 1. The van der Waals surface area contributed by atoms with E-state index in [1.165, 1.54) is 10.9 Å². The van der Waals surface area contributed by atoms with Gasteiger partial charge in [-0.25, -0.2) is 0 Å². The van der Waals surface area contributed by atoms with E-state index in [9.17, 15) is 4.79 Å². The Balaban J connectivity index is 1.87. The van der Waals surface area contributed by atoms with E-state index < -0.39 is 0 Å². The number of hydrogen-bond acceptors (Lipinski definition) is 2. The van der Waals surface area contributed by atoms with Crippen LogP contribution in [0, 0.1) is 3.57 Å². The normalized spacial score (nSPS) is 11.5. The molecule has 0 bridgehead atoms. The quantitative estimate of drug-likeness (QED) is 0.543. The summed E-state index contributed by atoms with van der Waals surface area (Å²) in [4.78, 5) is 22.7. The first-order valence-corrected chi connectivity index (χ1v) is 9.98. The summed E-state index contributed by atoms with van der Waals surface area (Å²) in [5, 5.41) is 1.22. The molecule has 0 atom stereocenters. The lowest BCUT2D eigenvalue weighted by Gasteiger charge is -2.30. The Hall–Kier alpha value is -1.89. The molecule has 2 heterocycles. The summed E-state index contributed by atoms with van der Waals surface area (Å²) < 4.78 is 1.02. The molecule has 0 aliphatic rings. The second kappa shape index (κ2) is 7.78. The van der Waals surface area contributed by atoms with Crippen LogP contribution in [0.4, 0.5) is 0 Å². The Bertz CT molecular complexity index is 922. The van der Waals surface area contributed by atoms with Gasteiger partial charge in [0.2, 0.25) is 0 Å². The molecule has 3 rings (SSSR count). The van der Waals surface area contributed by atoms with E-state index in [0.29, 0.717) is 5.56 Å². The Morgan fingerprint density at radius 1 is 1.19 bits per heavy atom. The molecule has 5 heteroatoms. The summed E-state index contributed by atoms with van der Waals surface area (Å²) in [5.41, 5.74) is 4.00. The van der Waals surface area contributed by atoms with Crippen LogP contribution in [0.25, 0.3) is 10.9 Å². The number of para-hydroxylation sites is 1. The number of rotatable bonds is 5. The predicted molar refractivity (Wildman–Crippen MR) is 115 cm³/mol. The summed E-state index contributed by atoms with van der Waals surface area (Å²) in [5.74, 6) is 0.0408. The molecule has 0 unspecified atom stereocenters. The molecule has 26 heavy (non-hydrogen) atoms. The monoisotopic (exact) mass is 461 g/mol. The van der Waals surface area contributed by atoms with E-state index in [-0.39, 0.29) is 18.0 Å². The maximum atomic E-state index is 12.9. The fourth-order valence-electron chi connectivity index (χ4n) is 3.39. The van der Waals surface area contributed by atoms with Crippen LogP contribution < -0.4 is 0 Å². The zero-order chi connectivity index (χ0) is 18.8. The van der Waals surface area contributed by atoms with Gasteiger partial charge in [0, 0.05) is 45.4 Å². The van der Waals surface area contributed by atoms with Crippen molar-refractivity contribution in [2.45, 2.75) is 46.2 Å². The van der Waals surface area contributed by atoms with Crippen molar-refractivity contribution in [2.24, 2.45) is 0 Å². The molecule has 0 radical (unpaired) electrons. The Labute approximate surface area is 168 Å². The third-order valence-electron chi connectivity index (χ3n) is 4.54. The summed E-state index contributed by atoms with van der Waals surface area (Å²) in [7, 11) is 0. The van der Waals surface area contributed by atoms with Crippen molar-refractivity contribution >= 4 is 39.4 Å². The first kappa shape index (κ1) is 18.9. The van der Waals surface area contributed by atoms with E-state index in [1.54, 1.807) is 6.20 Å². The van der Waals surface area contributed by atoms with Crippen molar-refractivity contribution in [3.8, 4) is 0 Å². The minimum Gasteiger partial charge on any atom is -0.361 e. The fraction of sp³-hybridized carbons (Fsp3) is 0.333. The van der Waals surface area contributed by atoms with E-state index in [2.05, 4.69) is 44.7 Å². The highest BCUT2D eigenvalue weighted by Gasteiger charge is 2.22. The van der Waals surface area contributed by atoms with E-state index in [0.717, 1.165) is 21.2 Å². The maximum Gasteiger partial charge on any atom is 0.255 e. The molecule has 4 nitrogen and oxygen atoms in total. The molecule has 1 amide bonds. The number of nitrogens with zero attached hydrogens (tertiary/aromatic N) is 2. The smallest absolute Gasteiger partial charge is 0.255 e. The second-order valence-corrected chi connectivity index (χ2v) is 8.25. The molecule has 1 aromatic carbocycles. The molecule has 3 aromatic rings. The van der Waals surface area contributed by atoms with Crippen LogP contribution in [0.5, 0.6) is 0 Å². The molecular weight excluding hydrogens is 437 g/mol. The Morgan fingerprint density at radius 3 is 2.54 bits per heavy atom. The molecule has 0 fully saturated rings. The highest BCUT2D eigenvalue weighted by Crippen LogP contribution is 2.23. The topological polar surface area (TPSA) is 49.0 Å². The van der Waals surface area contributed by atoms with Gasteiger partial charge < -0.3 is 9.88 Å². The number of halogens is 1. The molecule has 0 saturated heterocycles. The third-order valence-corrected chi connectivity index (χ3v) is 5.48. The Kier molecular flexibility index (Phi) is 5.65. The van der Waals surface area contributed by atoms with Gasteiger partial charge in [0.15, 0.2) is 0 Å². The number of amides is 1. The van der Waals surface area contributed by atoms with Crippen molar-refractivity contribution in [3.05, 3.63) is 63.1 Å². The number of aromatic amines is 1. The minimum absolute atomic E-state index is 0.0408.